The van der Waals surface area contributed by atoms with Crippen LogP contribution in [0.25, 0.3) is 0 Å². The Kier molecular flexibility index (Phi) is 5.67. The molecule has 1 aromatic carbocycles. The molecule has 1 amide bonds. The Morgan fingerprint density at radius 3 is 2.30 bits per heavy atom. The van der Waals surface area contributed by atoms with E-state index in [0.29, 0.717) is 11.3 Å². The second-order valence-corrected chi connectivity index (χ2v) is 6.52. The molecule has 1 aromatic rings. The highest BCUT2D eigenvalue weighted by Crippen LogP contribution is 2.13. The number of nitrogens with one attached hydrogen (secondary N) is 1. The molecule has 0 bridgehead atoms. The van der Waals surface area contributed by atoms with Gasteiger partial charge >= 0.3 is 0 Å². The third-order valence-electron chi connectivity index (χ3n) is 3.15. The SMILES string of the molecule is CC[C@H](C)[C@H](N)C(=O)Nc1ccc(CS(N)(=O)=O)cc1. The van der Waals surface area contributed by atoms with E-state index >= 15 is 0 Å². The van der Waals surface area contributed by atoms with Crippen LogP contribution in [0.1, 0.15) is 25.8 Å². The van der Waals surface area contributed by atoms with E-state index in [1.54, 1.807) is 24.3 Å². The van der Waals surface area contributed by atoms with Crippen molar-refractivity contribution in [2.24, 2.45) is 16.8 Å². The van der Waals surface area contributed by atoms with Crippen molar-refractivity contribution in [1.82, 2.24) is 0 Å². The normalized spacial score (nSPS) is 14.6. The van der Waals surface area contributed by atoms with Gasteiger partial charge in [-0.05, 0) is 23.6 Å². The predicted molar refractivity (Wildman–Crippen MR) is 79.3 cm³/mol. The molecule has 0 fully saturated rings. The summed E-state index contributed by atoms with van der Waals surface area (Å²) in [6.07, 6.45) is 0.821. The Hall–Kier alpha value is -1.44. The van der Waals surface area contributed by atoms with Gasteiger partial charge in [0.2, 0.25) is 15.9 Å². The van der Waals surface area contributed by atoms with Crippen LogP contribution in [0.4, 0.5) is 5.69 Å². The minimum atomic E-state index is -3.55. The zero-order valence-corrected chi connectivity index (χ0v) is 12.5. The first-order valence-corrected chi connectivity index (χ1v) is 8.10. The molecule has 0 aromatic heterocycles. The van der Waals surface area contributed by atoms with E-state index in [0.717, 1.165) is 6.42 Å². The molecule has 6 nitrogen and oxygen atoms in total. The third kappa shape index (κ3) is 5.28. The summed E-state index contributed by atoms with van der Waals surface area (Å²) >= 11 is 0. The maximum atomic E-state index is 11.9. The summed E-state index contributed by atoms with van der Waals surface area (Å²) in [5.41, 5.74) is 6.97. The fraction of sp³-hybridized carbons (Fsp3) is 0.462. The van der Waals surface area contributed by atoms with Crippen LogP contribution in [0.3, 0.4) is 0 Å². The molecule has 0 aliphatic heterocycles. The maximum absolute atomic E-state index is 11.9. The lowest BCUT2D eigenvalue weighted by atomic mass is 9.99. The summed E-state index contributed by atoms with van der Waals surface area (Å²) in [5, 5.41) is 7.66. The average Bonchev–Trinajstić information content (AvgIpc) is 2.37. The van der Waals surface area contributed by atoms with Gasteiger partial charge in [-0.3, -0.25) is 4.79 Å². The fourth-order valence-corrected chi connectivity index (χ4v) is 2.31. The van der Waals surface area contributed by atoms with E-state index in [1.807, 2.05) is 13.8 Å². The van der Waals surface area contributed by atoms with E-state index in [9.17, 15) is 13.2 Å². The fourth-order valence-electron chi connectivity index (χ4n) is 1.65. The zero-order chi connectivity index (χ0) is 15.3. The molecule has 5 N–H and O–H groups in total. The highest BCUT2D eigenvalue weighted by atomic mass is 32.2. The minimum Gasteiger partial charge on any atom is -0.325 e. The molecule has 0 spiro atoms. The Morgan fingerprint density at radius 2 is 1.85 bits per heavy atom. The van der Waals surface area contributed by atoms with Crippen LogP contribution in [0.5, 0.6) is 0 Å². The summed E-state index contributed by atoms with van der Waals surface area (Å²) < 4.78 is 21.9. The van der Waals surface area contributed by atoms with Crippen molar-refractivity contribution < 1.29 is 13.2 Å². The lowest BCUT2D eigenvalue weighted by molar-refractivity contribution is -0.118. The van der Waals surface area contributed by atoms with Crippen LogP contribution in [0.2, 0.25) is 0 Å². The first kappa shape index (κ1) is 16.6. The molecule has 20 heavy (non-hydrogen) atoms. The zero-order valence-electron chi connectivity index (χ0n) is 11.7. The van der Waals surface area contributed by atoms with Crippen LogP contribution in [0.15, 0.2) is 24.3 Å². The minimum absolute atomic E-state index is 0.0941. The second-order valence-electron chi connectivity index (χ2n) is 4.90. The Morgan fingerprint density at radius 1 is 1.30 bits per heavy atom. The van der Waals surface area contributed by atoms with Gasteiger partial charge in [0, 0.05) is 5.69 Å². The molecule has 0 radical (unpaired) electrons. The van der Waals surface area contributed by atoms with Gasteiger partial charge in [0.05, 0.1) is 11.8 Å². The number of nitrogens with two attached hydrogens (primary N) is 2. The Bertz CT molecular complexity index is 555. The van der Waals surface area contributed by atoms with Crippen molar-refractivity contribution >= 4 is 21.6 Å². The average molecular weight is 299 g/mol. The Labute approximate surface area is 119 Å². The standard InChI is InChI=1S/C13H21N3O3S/c1-3-9(2)12(14)13(17)16-11-6-4-10(5-7-11)8-20(15,18)19/h4-7,9,12H,3,8,14H2,1-2H3,(H,16,17)(H2,15,18,19)/t9-,12-/m0/s1. The number of primary sulfonamides is 1. The van der Waals surface area contributed by atoms with Crippen LogP contribution >= 0.6 is 0 Å². The van der Waals surface area contributed by atoms with Gasteiger partial charge in [0.25, 0.3) is 0 Å². The number of sulfonamides is 1. The summed E-state index contributed by atoms with van der Waals surface area (Å²) in [6.45, 7) is 3.89. The molecule has 7 heteroatoms. The highest BCUT2D eigenvalue weighted by molar-refractivity contribution is 7.88. The van der Waals surface area contributed by atoms with E-state index in [2.05, 4.69) is 5.32 Å². The van der Waals surface area contributed by atoms with Gasteiger partial charge in [-0.25, -0.2) is 13.6 Å². The number of hydrogen-bond donors (Lipinski definition) is 3. The topological polar surface area (TPSA) is 115 Å². The van der Waals surface area contributed by atoms with Gasteiger partial charge in [-0.2, -0.15) is 0 Å². The van der Waals surface area contributed by atoms with Crippen molar-refractivity contribution in [2.75, 3.05) is 5.32 Å². The number of amides is 1. The number of anilines is 1. The van der Waals surface area contributed by atoms with E-state index < -0.39 is 16.1 Å². The van der Waals surface area contributed by atoms with Gasteiger partial charge < -0.3 is 11.1 Å². The van der Waals surface area contributed by atoms with Crippen LogP contribution in [0, 0.1) is 5.92 Å². The number of hydrogen-bond acceptors (Lipinski definition) is 4. The lowest BCUT2D eigenvalue weighted by Gasteiger charge is -2.17. The lowest BCUT2D eigenvalue weighted by Crippen LogP contribution is -2.40. The van der Waals surface area contributed by atoms with Crippen LogP contribution in [-0.2, 0) is 20.6 Å². The van der Waals surface area contributed by atoms with Crippen molar-refractivity contribution in [3.8, 4) is 0 Å². The molecule has 1 rings (SSSR count). The molecule has 0 aliphatic rings. The summed E-state index contributed by atoms with van der Waals surface area (Å²) in [4.78, 5) is 11.9. The van der Waals surface area contributed by atoms with Gasteiger partial charge in [0.15, 0.2) is 0 Å². The highest BCUT2D eigenvalue weighted by Gasteiger charge is 2.19. The van der Waals surface area contributed by atoms with Crippen molar-refractivity contribution in [3.05, 3.63) is 29.8 Å². The first-order valence-electron chi connectivity index (χ1n) is 6.38. The number of carbonyl (C=O) groups is 1. The van der Waals surface area contributed by atoms with Crippen molar-refractivity contribution in [3.63, 3.8) is 0 Å². The van der Waals surface area contributed by atoms with E-state index in [4.69, 9.17) is 10.9 Å². The van der Waals surface area contributed by atoms with Gasteiger partial charge in [-0.15, -0.1) is 0 Å². The Balaban J connectivity index is 2.68. The van der Waals surface area contributed by atoms with E-state index in [-0.39, 0.29) is 17.6 Å². The molecule has 0 saturated heterocycles. The molecule has 112 valence electrons. The predicted octanol–water partition coefficient (Wildman–Crippen LogP) is 0.787. The number of benzene rings is 1. The molecular weight excluding hydrogens is 278 g/mol. The maximum Gasteiger partial charge on any atom is 0.241 e. The molecule has 0 aliphatic carbocycles. The number of carbonyl (C=O) groups excluding carboxylic acids is 1. The summed E-state index contributed by atoms with van der Waals surface area (Å²) in [5.74, 6) is -0.386. The van der Waals surface area contributed by atoms with Gasteiger partial charge in [-0.1, -0.05) is 32.4 Å². The molecule has 2 atom stereocenters. The monoisotopic (exact) mass is 299 g/mol. The molecule has 0 unspecified atom stereocenters. The third-order valence-corrected chi connectivity index (χ3v) is 3.88. The van der Waals surface area contributed by atoms with Crippen LogP contribution < -0.4 is 16.2 Å². The summed E-state index contributed by atoms with van der Waals surface area (Å²) in [7, 11) is -3.55. The molecular formula is C13H21N3O3S. The van der Waals surface area contributed by atoms with Crippen LogP contribution in [-0.4, -0.2) is 20.4 Å². The largest absolute Gasteiger partial charge is 0.325 e. The summed E-state index contributed by atoms with van der Waals surface area (Å²) in [6, 6.07) is 5.90. The number of rotatable bonds is 6. The first-order chi connectivity index (χ1) is 9.23. The van der Waals surface area contributed by atoms with E-state index in [1.165, 1.54) is 0 Å². The molecule has 0 heterocycles. The quantitative estimate of drug-likeness (QED) is 0.720. The molecule has 0 saturated carbocycles. The van der Waals surface area contributed by atoms with Gasteiger partial charge in [0.1, 0.15) is 0 Å². The smallest absolute Gasteiger partial charge is 0.241 e. The van der Waals surface area contributed by atoms with Crippen molar-refractivity contribution in [2.45, 2.75) is 32.1 Å². The van der Waals surface area contributed by atoms with Crippen molar-refractivity contribution in [1.29, 1.82) is 0 Å². The second kappa shape index (κ2) is 6.83.